The van der Waals surface area contributed by atoms with Gasteiger partial charge in [-0.05, 0) is 20.3 Å². The fraction of sp³-hybridized carbons (Fsp3) is 0.667. The predicted molar refractivity (Wildman–Crippen MR) is 112 cm³/mol. The molecule has 0 radical (unpaired) electrons. The molecular weight excluding hydrogens is 450 g/mol. The standard InChI is InChI=1S/C18H29N3O10S/c1-3-30-15(25)7-12(18(29)31-4-2)32-9-11(16(26)20-8-14(23)24)21-13(22)6-5-10(19)17(27)28/h10-12H,3-9,19H2,1-2H3,(H,20,26)(H,21,22)(H,23,24)(H,27,28). The molecule has 0 aromatic heterocycles. The number of esters is 2. The van der Waals surface area contributed by atoms with E-state index in [1.807, 2.05) is 0 Å². The Bertz CT molecular complexity index is 688. The van der Waals surface area contributed by atoms with Gasteiger partial charge in [0.15, 0.2) is 0 Å². The lowest BCUT2D eigenvalue weighted by Crippen LogP contribution is -2.50. The van der Waals surface area contributed by atoms with Crippen LogP contribution in [-0.4, -0.2) is 88.7 Å². The van der Waals surface area contributed by atoms with Crippen molar-refractivity contribution in [2.45, 2.75) is 50.4 Å². The summed E-state index contributed by atoms with van der Waals surface area (Å²) in [5, 5.41) is 21.0. The van der Waals surface area contributed by atoms with Gasteiger partial charge in [-0.15, -0.1) is 11.8 Å². The Morgan fingerprint density at radius 3 is 2.19 bits per heavy atom. The van der Waals surface area contributed by atoms with Crippen molar-refractivity contribution in [1.82, 2.24) is 10.6 Å². The predicted octanol–water partition coefficient (Wildman–Crippen LogP) is -1.52. The molecule has 0 heterocycles. The summed E-state index contributed by atoms with van der Waals surface area (Å²) < 4.78 is 9.74. The first kappa shape index (κ1) is 29.1. The van der Waals surface area contributed by atoms with Crippen LogP contribution in [0.3, 0.4) is 0 Å². The molecule has 0 spiro atoms. The average Bonchev–Trinajstić information content (AvgIpc) is 2.72. The summed E-state index contributed by atoms with van der Waals surface area (Å²) in [6.45, 7) is 2.63. The van der Waals surface area contributed by atoms with Crippen molar-refractivity contribution < 1.29 is 48.5 Å². The Kier molecular flexibility index (Phi) is 14.4. The van der Waals surface area contributed by atoms with Gasteiger partial charge in [0.2, 0.25) is 11.8 Å². The number of nitrogens with one attached hydrogen (secondary N) is 2. The van der Waals surface area contributed by atoms with Gasteiger partial charge in [-0.1, -0.05) is 0 Å². The maximum absolute atomic E-state index is 12.3. The Balaban J connectivity index is 5.23. The number of amides is 2. The molecule has 0 aromatic carbocycles. The molecule has 0 aliphatic heterocycles. The van der Waals surface area contributed by atoms with Gasteiger partial charge >= 0.3 is 23.9 Å². The summed E-state index contributed by atoms with van der Waals surface area (Å²) >= 11 is 0.849. The third-order valence-electron chi connectivity index (χ3n) is 3.74. The Morgan fingerprint density at radius 2 is 1.66 bits per heavy atom. The second-order valence-corrected chi connectivity index (χ2v) is 7.53. The number of aliphatic carboxylic acids is 2. The van der Waals surface area contributed by atoms with Gasteiger partial charge in [-0.2, -0.15) is 0 Å². The molecular formula is C18H29N3O10S. The second kappa shape index (κ2) is 15.9. The van der Waals surface area contributed by atoms with Crippen LogP contribution >= 0.6 is 11.8 Å². The van der Waals surface area contributed by atoms with Gasteiger partial charge in [-0.3, -0.25) is 28.8 Å². The van der Waals surface area contributed by atoms with Gasteiger partial charge in [0, 0.05) is 12.2 Å². The maximum atomic E-state index is 12.3. The van der Waals surface area contributed by atoms with Crippen LogP contribution in [-0.2, 0) is 38.2 Å². The van der Waals surface area contributed by atoms with Crippen LogP contribution in [0, 0.1) is 0 Å². The van der Waals surface area contributed by atoms with Crippen molar-refractivity contribution in [3.63, 3.8) is 0 Å². The number of thioether (sulfide) groups is 1. The van der Waals surface area contributed by atoms with Crippen molar-refractivity contribution in [3.05, 3.63) is 0 Å². The van der Waals surface area contributed by atoms with E-state index in [0.29, 0.717) is 0 Å². The number of ether oxygens (including phenoxy) is 2. The largest absolute Gasteiger partial charge is 0.480 e. The zero-order valence-corrected chi connectivity index (χ0v) is 18.6. The van der Waals surface area contributed by atoms with Crippen molar-refractivity contribution >= 4 is 47.5 Å². The van der Waals surface area contributed by atoms with Crippen LogP contribution in [0.15, 0.2) is 0 Å². The fourth-order valence-electron chi connectivity index (χ4n) is 2.17. The molecule has 14 heteroatoms. The zero-order valence-electron chi connectivity index (χ0n) is 17.8. The topological polar surface area (TPSA) is 211 Å². The number of carboxylic acid groups (broad SMARTS) is 2. The first-order valence-electron chi connectivity index (χ1n) is 9.72. The summed E-state index contributed by atoms with van der Waals surface area (Å²) in [6.07, 6.45) is -0.820. The molecule has 0 saturated carbocycles. The Morgan fingerprint density at radius 1 is 1.03 bits per heavy atom. The number of rotatable bonds is 16. The highest BCUT2D eigenvalue weighted by atomic mass is 32.2. The molecule has 0 bridgehead atoms. The highest BCUT2D eigenvalue weighted by Crippen LogP contribution is 2.19. The lowest BCUT2D eigenvalue weighted by Gasteiger charge is -2.21. The van der Waals surface area contributed by atoms with E-state index in [-0.39, 0.29) is 38.2 Å². The summed E-state index contributed by atoms with van der Waals surface area (Å²) in [7, 11) is 0. The maximum Gasteiger partial charge on any atom is 0.322 e. The molecule has 3 atom stereocenters. The number of carbonyl (C=O) groups excluding carboxylic acids is 4. The first-order chi connectivity index (χ1) is 15.0. The molecule has 3 unspecified atom stereocenters. The molecule has 32 heavy (non-hydrogen) atoms. The monoisotopic (exact) mass is 479 g/mol. The van der Waals surface area contributed by atoms with Crippen LogP contribution in [0.4, 0.5) is 0 Å². The third kappa shape index (κ3) is 12.7. The van der Waals surface area contributed by atoms with Crippen molar-refractivity contribution in [1.29, 1.82) is 0 Å². The van der Waals surface area contributed by atoms with Crippen molar-refractivity contribution in [2.24, 2.45) is 5.73 Å². The minimum Gasteiger partial charge on any atom is -0.480 e. The third-order valence-corrected chi connectivity index (χ3v) is 5.02. The minimum absolute atomic E-state index is 0.0574. The van der Waals surface area contributed by atoms with Crippen LogP contribution in [0.5, 0.6) is 0 Å². The summed E-state index contributed by atoms with van der Waals surface area (Å²) in [6, 6.07) is -2.54. The highest BCUT2D eigenvalue weighted by Gasteiger charge is 2.29. The molecule has 0 aromatic rings. The lowest BCUT2D eigenvalue weighted by molar-refractivity contribution is -0.149. The molecule has 2 amide bonds. The number of carboxylic acids is 2. The van der Waals surface area contributed by atoms with E-state index in [1.165, 1.54) is 0 Å². The fourth-order valence-corrected chi connectivity index (χ4v) is 3.29. The van der Waals surface area contributed by atoms with E-state index in [0.717, 1.165) is 11.8 Å². The molecule has 13 nitrogen and oxygen atoms in total. The van der Waals surface area contributed by atoms with E-state index >= 15 is 0 Å². The SMILES string of the molecule is CCOC(=O)CC(SCC(NC(=O)CCC(N)C(=O)O)C(=O)NCC(=O)O)C(=O)OCC. The first-order valence-corrected chi connectivity index (χ1v) is 10.8. The molecule has 0 rings (SSSR count). The van der Waals surface area contributed by atoms with Crippen molar-refractivity contribution in [3.8, 4) is 0 Å². The molecule has 0 aliphatic carbocycles. The van der Waals surface area contributed by atoms with Crippen LogP contribution in [0.25, 0.3) is 0 Å². The molecule has 182 valence electrons. The van der Waals surface area contributed by atoms with E-state index < -0.39 is 59.6 Å². The number of hydrogen-bond acceptors (Lipinski definition) is 10. The average molecular weight is 480 g/mol. The van der Waals surface area contributed by atoms with Crippen LogP contribution in [0.2, 0.25) is 0 Å². The highest BCUT2D eigenvalue weighted by molar-refractivity contribution is 8.00. The van der Waals surface area contributed by atoms with Gasteiger partial charge in [0.25, 0.3) is 0 Å². The van der Waals surface area contributed by atoms with Gasteiger partial charge < -0.3 is 36.1 Å². The summed E-state index contributed by atoms with van der Waals surface area (Å²) in [5.41, 5.74) is 5.34. The van der Waals surface area contributed by atoms with E-state index in [2.05, 4.69) is 10.6 Å². The van der Waals surface area contributed by atoms with Crippen LogP contribution in [0.1, 0.15) is 33.1 Å². The quantitative estimate of drug-likeness (QED) is 0.160. The van der Waals surface area contributed by atoms with E-state index in [1.54, 1.807) is 13.8 Å². The van der Waals surface area contributed by atoms with Gasteiger partial charge in [-0.25, -0.2) is 0 Å². The second-order valence-electron chi connectivity index (χ2n) is 6.30. The summed E-state index contributed by atoms with van der Waals surface area (Å²) in [4.78, 5) is 69.9. The van der Waals surface area contributed by atoms with E-state index in [4.69, 9.17) is 25.4 Å². The van der Waals surface area contributed by atoms with Crippen LogP contribution < -0.4 is 16.4 Å². The number of nitrogens with two attached hydrogens (primary N) is 1. The lowest BCUT2D eigenvalue weighted by atomic mass is 10.1. The van der Waals surface area contributed by atoms with Gasteiger partial charge in [0.05, 0.1) is 19.6 Å². The zero-order chi connectivity index (χ0) is 24.7. The molecule has 0 fully saturated rings. The van der Waals surface area contributed by atoms with Crippen molar-refractivity contribution in [2.75, 3.05) is 25.5 Å². The smallest absolute Gasteiger partial charge is 0.322 e. The number of hydrogen-bond donors (Lipinski definition) is 5. The molecule has 6 N–H and O–H groups in total. The Labute approximate surface area is 188 Å². The van der Waals surface area contributed by atoms with Gasteiger partial charge in [0.1, 0.15) is 23.9 Å². The normalized spacial score (nSPS) is 13.2. The molecule has 0 saturated heterocycles. The summed E-state index contributed by atoms with van der Waals surface area (Å²) in [5.74, 6) is -5.71. The van der Waals surface area contributed by atoms with E-state index in [9.17, 15) is 28.8 Å². The molecule has 0 aliphatic rings. The Hall–Kier alpha value is -2.87. The minimum atomic E-state index is -1.31. The number of carbonyl (C=O) groups is 6.